The van der Waals surface area contributed by atoms with Gasteiger partial charge in [0.1, 0.15) is 17.2 Å². The monoisotopic (exact) mass is 381 g/mol. The summed E-state index contributed by atoms with van der Waals surface area (Å²) in [5, 5.41) is 5.96. The lowest BCUT2D eigenvalue weighted by molar-refractivity contribution is 0.0831. The second kappa shape index (κ2) is 6.52. The van der Waals surface area contributed by atoms with Crippen molar-refractivity contribution in [2.24, 2.45) is 0 Å². The van der Waals surface area contributed by atoms with E-state index in [2.05, 4.69) is 20.4 Å². The van der Waals surface area contributed by atoms with Crippen molar-refractivity contribution in [2.45, 2.75) is 25.3 Å². The fourth-order valence-electron chi connectivity index (χ4n) is 4.09. The van der Waals surface area contributed by atoms with E-state index in [4.69, 9.17) is 4.98 Å². The zero-order chi connectivity index (χ0) is 19.3. The second-order valence-corrected chi connectivity index (χ2v) is 7.27. The van der Waals surface area contributed by atoms with Crippen molar-refractivity contribution in [1.82, 2.24) is 30.0 Å². The number of hydrazine groups is 1. The first kappa shape index (κ1) is 17.1. The SMILES string of the molecule is CN1CCc2ncc(F)cc2[C@H]2CCCN2c2ccn3ncc(c3n2)C(=O)N1. The van der Waals surface area contributed by atoms with Crippen LogP contribution in [0, 0.1) is 5.82 Å². The molecule has 1 saturated heterocycles. The molecule has 1 amide bonds. The fraction of sp³-hybridized carbons (Fsp3) is 0.368. The zero-order valence-electron chi connectivity index (χ0n) is 15.5. The molecule has 8 nitrogen and oxygen atoms in total. The zero-order valence-corrected chi connectivity index (χ0v) is 15.5. The maximum atomic E-state index is 14.0. The quantitative estimate of drug-likeness (QED) is 0.639. The largest absolute Gasteiger partial charge is 0.349 e. The number of pyridine rings is 1. The third-order valence-electron chi connectivity index (χ3n) is 5.45. The lowest BCUT2D eigenvalue weighted by atomic mass is 10.0. The smallest absolute Gasteiger partial charge is 0.271 e. The van der Waals surface area contributed by atoms with Crippen LogP contribution in [0.2, 0.25) is 0 Å². The summed E-state index contributed by atoms with van der Waals surface area (Å²) in [4.78, 5) is 24.0. The number of carbonyl (C=O) groups is 1. The van der Waals surface area contributed by atoms with Crippen LogP contribution < -0.4 is 10.3 Å². The molecule has 1 atom stereocenters. The van der Waals surface area contributed by atoms with Crippen LogP contribution in [0.5, 0.6) is 0 Å². The molecular weight excluding hydrogens is 361 g/mol. The number of hydrogen-bond donors (Lipinski definition) is 1. The molecule has 3 aromatic heterocycles. The highest BCUT2D eigenvalue weighted by Crippen LogP contribution is 2.37. The topological polar surface area (TPSA) is 78.7 Å². The standard InChI is InChI=1S/C19H20FN7O/c1-25-7-4-15-13(9-12(20)10-21-15)16-3-2-6-26(16)17-5-8-27-18(23-17)14(11-22-27)19(28)24-25/h5,8-11,16H,2-4,6-7H2,1H3,(H,24,28)/t16-/m1/s1. The average Bonchev–Trinajstić information content (AvgIpc) is 3.32. The number of carbonyl (C=O) groups excluding carboxylic acids is 1. The molecule has 2 bridgehead atoms. The van der Waals surface area contributed by atoms with Gasteiger partial charge in [-0.2, -0.15) is 5.10 Å². The third kappa shape index (κ3) is 2.78. The molecule has 0 aliphatic carbocycles. The molecule has 3 aromatic rings. The van der Waals surface area contributed by atoms with Crippen molar-refractivity contribution in [2.75, 3.05) is 25.0 Å². The van der Waals surface area contributed by atoms with Crippen molar-refractivity contribution >= 4 is 17.4 Å². The predicted octanol–water partition coefficient (Wildman–Crippen LogP) is 1.74. The highest BCUT2D eigenvalue weighted by atomic mass is 19.1. The Morgan fingerprint density at radius 1 is 1.29 bits per heavy atom. The van der Waals surface area contributed by atoms with E-state index in [-0.39, 0.29) is 17.8 Å². The van der Waals surface area contributed by atoms with Gasteiger partial charge in [0, 0.05) is 38.4 Å². The highest BCUT2D eigenvalue weighted by molar-refractivity contribution is 5.99. The van der Waals surface area contributed by atoms with Gasteiger partial charge in [0.05, 0.1) is 18.4 Å². The van der Waals surface area contributed by atoms with Gasteiger partial charge in [-0.15, -0.1) is 0 Å². The molecule has 144 valence electrons. The van der Waals surface area contributed by atoms with Crippen molar-refractivity contribution in [1.29, 1.82) is 0 Å². The van der Waals surface area contributed by atoms with Crippen LogP contribution in [0.1, 0.15) is 40.5 Å². The van der Waals surface area contributed by atoms with Gasteiger partial charge < -0.3 is 4.90 Å². The molecule has 28 heavy (non-hydrogen) atoms. The first-order valence-corrected chi connectivity index (χ1v) is 9.37. The van der Waals surface area contributed by atoms with Crippen molar-refractivity contribution < 1.29 is 9.18 Å². The molecule has 2 aliphatic rings. The van der Waals surface area contributed by atoms with E-state index >= 15 is 0 Å². The number of aromatic nitrogens is 4. The number of amides is 1. The lowest BCUT2D eigenvalue weighted by Gasteiger charge is -2.27. The molecule has 9 heteroatoms. The van der Waals surface area contributed by atoms with E-state index in [0.29, 0.717) is 24.2 Å². The van der Waals surface area contributed by atoms with Crippen molar-refractivity contribution in [3.63, 3.8) is 0 Å². The van der Waals surface area contributed by atoms with Gasteiger partial charge in [-0.25, -0.2) is 18.9 Å². The Morgan fingerprint density at radius 2 is 2.18 bits per heavy atom. The minimum absolute atomic E-state index is 0.00856. The lowest BCUT2D eigenvalue weighted by Crippen LogP contribution is -2.40. The molecule has 2 aliphatic heterocycles. The van der Waals surface area contributed by atoms with E-state index in [1.54, 1.807) is 28.8 Å². The Balaban J connectivity index is 1.69. The first-order valence-electron chi connectivity index (χ1n) is 9.37. The molecule has 5 heterocycles. The molecule has 1 N–H and O–H groups in total. The molecule has 1 fully saturated rings. The predicted molar refractivity (Wildman–Crippen MR) is 100 cm³/mol. The summed E-state index contributed by atoms with van der Waals surface area (Å²) >= 11 is 0. The number of hydrogen-bond acceptors (Lipinski definition) is 6. The molecule has 0 radical (unpaired) electrons. The van der Waals surface area contributed by atoms with E-state index in [9.17, 15) is 9.18 Å². The molecule has 0 aromatic carbocycles. The van der Waals surface area contributed by atoms with Crippen LogP contribution in [0.3, 0.4) is 0 Å². The number of halogens is 1. The van der Waals surface area contributed by atoms with Crippen LogP contribution in [0.15, 0.2) is 30.7 Å². The summed E-state index contributed by atoms with van der Waals surface area (Å²) in [6.45, 7) is 1.37. The van der Waals surface area contributed by atoms with Crippen molar-refractivity contribution in [3.8, 4) is 0 Å². The van der Waals surface area contributed by atoms with Gasteiger partial charge in [0.25, 0.3) is 5.91 Å². The third-order valence-corrected chi connectivity index (χ3v) is 5.45. The van der Waals surface area contributed by atoms with Gasteiger partial charge in [-0.05, 0) is 30.5 Å². The Hall–Kier alpha value is -3.07. The van der Waals surface area contributed by atoms with Crippen LogP contribution in [0.25, 0.3) is 5.65 Å². The number of fused-ring (bicyclic) bond motifs is 5. The highest BCUT2D eigenvalue weighted by Gasteiger charge is 2.31. The number of rotatable bonds is 0. The van der Waals surface area contributed by atoms with E-state index in [1.807, 2.05) is 6.07 Å². The fourth-order valence-corrected chi connectivity index (χ4v) is 4.09. The van der Waals surface area contributed by atoms with Crippen LogP contribution in [-0.2, 0) is 6.42 Å². The molecular formula is C19H20FN7O. The summed E-state index contributed by atoms with van der Waals surface area (Å²) in [5.74, 6) is 0.164. The van der Waals surface area contributed by atoms with Crippen LogP contribution in [-0.4, -0.2) is 50.6 Å². The molecule has 0 spiro atoms. The summed E-state index contributed by atoms with van der Waals surface area (Å²) in [6, 6.07) is 3.49. The van der Waals surface area contributed by atoms with Gasteiger partial charge in [-0.3, -0.25) is 15.2 Å². The van der Waals surface area contributed by atoms with Gasteiger partial charge in [-0.1, -0.05) is 0 Å². The Kier molecular flexibility index (Phi) is 3.97. The molecule has 0 unspecified atom stereocenters. The summed E-state index contributed by atoms with van der Waals surface area (Å²) in [7, 11) is 1.80. The van der Waals surface area contributed by atoms with E-state index in [0.717, 1.165) is 36.5 Å². The molecule has 5 rings (SSSR count). The maximum absolute atomic E-state index is 14.0. The minimum atomic E-state index is -0.335. The summed E-state index contributed by atoms with van der Waals surface area (Å²) in [5.41, 5.74) is 5.52. The Bertz CT molecular complexity index is 1070. The second-order valence-electron chi connectivity index (χ2n) is 7.27. The maximum Gasteiger partial charge on any atom is 0.271 e. The van der Waals surface area contributed by atoms with Gasteiger partial charge >= 0.3 is 0 Å². The van der Waals surface area contributed by atoms with Crippen molar-refractivity contribution in [3.05, 3.63) is 53.4 Å². The van der Waals surface area contributed by atoms with Crippen LogP contribution in [0.4, 0.5) is 10.2 Å². The normalized spacial score (nSPS) is 20.3. The number of nitrogens with one attached hydrogen (secondary N) is 1. The minimum Gasteiger partial charge on any atom is -0.349 e. The first-order chi connectivity index (χ1) is 13.6. The van der Waals surface area contributed by atoms with Crippen LogP contribution >= 0.6 is 0 Å². The van der Waals surface area contributed by atoms with E-state index in [1.165, 1.54) is 12.4 Å². The van der Waals surface area contributed by atoms with Gasteiger partial charge in [0.2, 0.25) is 0 Å². The average molecular weight is 381 g/mol. The summed E-state index contributed by atoms with van der Waals surface area (Å²) in [6.07, 6.45) is 7.09. The number of anilines is 1. The Labute approximate surface area is 161 Å². The van der Waals surface area contributed by atoms with Gasteiger partial charge in [0.15, 0.2) is 5.65 Å². The number of nitrogens with zero attached hydrogens (tertiary/aromatic N) is 6. The van der Waals surface area contributed by atoms with E-state index < -0.39 is 0 Å². The Morgan fingerprint density at radius 3 is 3.07 bits per heavy atom. The summed E-state index contributed by atoms with van der Waals surface area (Å²) < 4.78 is 15.6. The molecule has 0 saturated carbocycles. The number of likely N-dealkylation sites (N-methyl/N-ethyl adjacent to an activating group) is 1.